The lowest BCUT2D eigenvalue weighted by Crippen LogP contribution is -2.35. The SMILES string of the molecule is c1cc2c(cc1CCO[C@H]1CCCNC1)CCO2. The maximum absolute atomic E-state index is 5.91. The molecule has 1 N–H and O–H groups in total. The lowest BCUT2D eigenvalue weighted by Gasteiger charge is -2.23. The van der Waals surface area contributed by atoms with Crippen molar-refractivity contribution in [1.82, 2.24) is 5.32 Å². The van der Waals surface area contributed by atoms with Crippen LogP contribution in [0, 0.1) is 0 Å². The van der Waals surface area contributed by atoms with Gasteiger partial charge >= 0.3 is 0 Å². The highest BCUT2D eigenvalue weighted by Crippen LogP contribution is 2.26. The van der Waals surface area contributed by atoms with Crippen molar-refractivity contribution in [3.63, 3.8) is 0 Å². The number of fused-ring (bicyclic) bond motifs is 1. The molecule has 3 rings (SSSR count). The van der Waals surface area contributed by atoms with E-state index in [2.05, 4.69) is 23.5 Å². The molecule has 1 aromatic rings. The number of ether oxygens (including phenoxy) is 2. The molecule has 1 fully saturated rings. The standard InChI is InChI=1S/C15H21NO2/c1-2-14(11-16-7-1)17-8-5-12-3-4-15-13(10-12)6-9-18-15/h3-4,10,14,16H,1-2,5-9,11H2/t14-/m0/s1. The Morgan fingerprint density at radius 3 is 3.28 bits per heavy atom. The first-order valence-electron chi connectivity index (χ1n) is 6.99. The fraction of sp³-hybridized carbons (Fsp3) is 0.600. The first kappa shape index (κ1) is 12.0. The van der Waals surface area contributed by atoms with Gasteiger partial charge in [-0.05, 0) is 43.0 Å². The maximum Gasteiger partial charge on any atom is 0.122 e. The van der Waals surface area contributed by atoms with Crippen LogP contribution in [0.2, 0.25) is 0 Å². The van der Waals surface area contributed by atoms with Gasteiger partial charge in [0.1, 0.15) is 5.75 Å². The van der Waals surface area contributed by atoms with E-state index in [4.69, 9.17) is 9.47 Å². The Bertz CT molecular complexity index is 399. The van der Waals surface area contributed by atoms with Crippen LogP contribution >= 0.6 is 0 Å². The third-order valence-corrected chi connectivity index (χ3v) is 3.75. The van der Waals surface area contributed by atoms with Gasteiger partial charge in [0.05, 0.1) is 19.3 Å². The Hall–Kier alpha value is -1.06. The van der Waals surface area contributed by atoms with E-state index in [-0.39, 0.29) is 0 Å². The van der Waals surface area contributed by atoms with Crippen LogP contribution in [0.4, 0.5) is 0 Å². The maximum atomic E-state index is 5.91. The molecule has 2 heterocycles. The van der Waals surface area contributed by atoms with Crippen molar-refractivity contribution in [1.29, 1.82) is 0 Å². The molecule has 1 atom stereocenters. The molecule has 0 aliphatic carbocycles. The van der Waals surface area contributed by atoms with Crippen LogP contribution in [0.1, 0.15) is 24.0 Å². The van der Waals surface area contributed by atoms with Crippen LogP contribution in [0.5, 0.6) is 5.75 Å². The van der Waals surface area contributed by atoms with Crippen LogP contribution in [-0.4, -0.2) is 32.4 Å². The Labute approximate surface area is 108 Å². The van der Waals surface area contributed by atoms with E-state index in [0.29, 0.717) is 6.10 Å². The molecular formula is C15H21NO2. The fourth-order valence-electron chi connectivity index (χ4n) is 2.70. The molecule has 3 nitrogen and oxygen atoms in total. The zero-order chi connectivity index (χ0) is 12.2. The van der Waals surface area contributed by atoms with E-state index in [1.807, 2.05) is 0 Å². The molecule has 2 aliphatic heterocycles. The molecule has 3 heteroatoms. The fourth-order valence-corrected chi connectivity index (χ4v) is 2.70. The molecule has 0 radical (unpaired) electrons. The summed E-state index contributed by atoms with van der Waals surface area (Å²) in [4.78, 5) is 0. The third kappa shape index (κ3) is 2.85. The summed E-state index contributed by atoms with van der Waals surface area (Å²) in [5.74, 6) is 1.07. The smallest absolute Gasteiger partial charge is 0.122 e. The molecule has 0 unspecified atom stereocenters. The molecule has 1 saturated heterocycles. The van der Waals surface area contributed by atoms with Gasteiger partial charge in [0, 0.05) is 13.0 Å². The van der Waals surface area contributed by atoms with E-state index in [1.54, 1.807) is 0 Å². The highest BCUT2D eigenvalue weighted by molar-refractivity contribution is 5.39. The third-order valence-electron chi connectivity index (χ3n) is 3.75. The van der Waals surface area contributed by atoms with Gasteiger partial charge in [-0.25, -0.2) is 0 Å². The van der Waals surface area contributed by atoms with Crippen LogP contribution in [0.15, 0.2) is 18.2 Å². The van der Waals surface area contributed by atoms with Gasteiger partial charge in [0.2, 0.25) is 0 Å². The zero-order valence-electron chi connectivity index (χ0n) is 10.8. The summed E-state index contributed by atoms with van der Waals surface area (Å²) in [7, 11) is 0. The van der Waals surface area contributed by atoms with Gasteiger partial charge in [-0.1, -0.05) is 12.1 Å². The quantitative estimate of drug-likeness (QED) is 0.882. The summed E-state index contributed by atoms with van der Waals surface area (Å²) in [6, 6.07) is 6.53. The lowest BCUT2D eigenvalue weighted by molar-refractivity contribution is 0.0390. The van der Waals surface area contributed by atoms with E-state index in [1.165, 1.54) is 24.0 Å². The molecule has 0 spiro atoms. The monoisotopic (exact) mass is 247 g/mol. The minimum atomic E-state index is 0.413. The Balaban J connectivity index is 1.48. The van der Waals surface area contributed by atoms with Crippen molar-refractivity contribution in [3.05, 3.63) is 29.3 Å². The van der Waals surface area contributed by atoms with Crippen molar-refractivity contribution in [2.75, 3.05) is 26.3 Å². The molecule has 98 valence electrons. The van der Waals surface area contributed by atoms with Crippen molar-refractivity contribution in [3.8, 4) is 5.75 Å². The average Bonchev–Trinajstić information content (AvgIpc) is 2.87. The van der Waals surface area contributed by atoms with Crippen LogP contribution in [-0.2, 0) is 17.6 Å². The second-order valence-electron chi connectivity index (χ2n) is 5.13. The van der Waals surface area contributed by atoms with Crippen LogP contribution < -0.4 is 10.1 Å². The number of nitrogens with one attached hydrogen (secondary N) is 1. The lowest BCUT2D eigenvalue weighted by atomic mass is 10.1. The Morgan fingerprint density at radius 2 is 2.39 bits per heavy atom. The molecule has 0 amide bonds. The Kier molecular flexibility index (Phi) is 3.81. The number of hydrogen-bond acceptors (Lipinski definition) is 3. The zero-order valence-corrected chi connectivity index (χ0v) is 10.8. The number of hydrogen-bond donors (Lipinski definition) is 1. The van der Waals surface area contributed by atoms with E-state index < -0.39 is 0 Å². The number of piperidine rings is 1. The first-order valence-corrected chi connectivity index (χ1v) is 6.99. The first-order chi connectivity index (χ1) is 8.92. The van der Waals surface area contributed by atoms with Crippen molar-refractivity contribution in [2.45, 2.75) is 31.8 Å². The highest BCUT2D eigenvalue weighted by Gasteiger charge is 2.14. The summed E-state index contributed by atoms with van der Waals surface area (Å²) in [5.41, 5.74) is 2.72. The molecule has 18 heavy (non-hydrogen) atoms. The van der Waals surface area contributed by atoms with Crippen molar-refractivity contribution >= 4 is 0 Å². The van der Waals surface area contributed by atoms with Crippen molar-refractivity contribution in [2.24, 2.45) is 0 Å². The van der Waals surface area contributed by atoms with Gasteiger partial charge in [0.25, 0.3) is 0 Å². The molecule has 1 aromatic carbocycles. The Morgan fingerprint density at radius 1 is 1.39 bits per heavy atom. The molecular weight excluding hydrogens is 226 g/mol. The van der Waals surface area contributed by atoms with Crippen molar-refractivity contribution < 1.29 is 9.47 Å². The minimum Gasteiger partial charge on any atom is -0.493 e. The summed E-state index contributed by atoms with van der Waals surface area (Å²) in [5, 5.41) is 3.38. The van der Waals surface area contributed by atoms with E-state index >= 15 is 0 Å². The predicted molar refractivity (Wildman–Crippen MR) is 71.2 cm³/mol. The summed E-state index contributed by atoms with van der Waals surface area (Å²) >= 11 is 0. The summed E-state index contributed by atoms with van der Waals surface area (Å²) < 4.78 is 11.4. The second kappa shape index (κ2) is 5.72. The molecule has 0 saturated carbocycles. The molecule has 2 aliphatic rings. The predicted octanol–water partition coefficient (Wildman–Crippen LogP) is 1.93. The topological polar surface area (TPSA) is 30.5 Å². The van der Waals surface area contributed by atoms with E-state index in [0.717, 1.165) is 44.9 Å². The van der Waals surface area contributed by atoms with E-state index in [9.17, 15) is 0 Å². The van der Waals surface area contributed by atoms with Gasteiger partial charge in [-0.15, -0.1) is 0 Å². The normalized spacial score (nSPS) is 22.6. The highest BCUT2D eigenvalue weighted by atomic mass is 16.5. The van der Waals surface area contributed by atoms with Gasteiger partial charge in [0.15, 0.2) is 0 Å². The average molecular weight is 247 g/mol. The summed E-state index contributed by atoms with van der Waals surface area (Å²) in [6.07, 6.45) is 4.91. The van der Waals surface area contributed by atoms with Crippen LogP contribution in [0.3, 0.4) is 0 Å². The second-order valence-corrected chi connectivity index (χ2v) is 5.13. The van der Waals surface area contributed by atoms with Gasteiger partial charge in [-0.2, -0.15) is 0 Å². The van der Waals surface area contributed by atoms with Gasteiger partial charge < -0.3 is 14.8 Å². The molecule has 0 bridgehead atoms. The number of rotatable bonds is 4. The minimum absolute atomic E-state index is 0.413. The van der Waals surface area contributed by atoms with Crippen LogP contribution in [0.25, 0.3) is 0 Å². The largest absolute Gasteiger partial charge is 0.493 e. The van der Waals surface area contributed by atoms with Gasteiger partial charge in [-0.3, -0.25) is 0 Å². The summed E-state index contributed by atoms with van der Waals surface area (Å²) in [6.45, 7) is 3.82. The molecule has 0 aromatic heterocycles. The number of benzene rings is 1.